The number of aliphatic carboxylic acids is 1. The molecule has 0 bridgehead atoms. The maximum atomic E-state index is 14.3. The SMILES string of the molecule is CC(C(=O)O)n1ccc2cc(OCc3sc(-c4ccc(C(F)(F)F)cc4)nc3COc3c(F)cccc3Cl)ccc21. The molecular weight excluding hydrogens is 584 g/mol. The molecule has 5 rings (SSSR count). The molecule has 6 nitrogen and oxygen atoms in total. The van der Waals surface area contributed by atoms with E-state index in [1.807, 2.05) is 0 Å². The van der Waals surface area contributed by atoms with Crippen molar-refractivity contribution in [1.29, 1.82) is 0 Å². The summed E-state index contributed by atoms with van der Waals surface area (Å²) in [5.74, 6) is -1.24. The van der Waals surface area contributed by atoms with Crippen molar-refractivity contribution >= 4 is 39.8 Å². The summed E-state index contributed by atoms with van der Waals surface area (Å²) in [4.78, 5) is 16.6. The van der Waals surface area contributed by atoms with Gasteiger partial charge in [0.2, 0.25) is 0 Å². The molecule has 0 fully saturated rings. The quantitative estimate of drug-likeness (QED) is 0.171. The van der Waals surface area contributed by atoms with Crippen LogP contribution in [0.25, 0.3) is 21.5 Å². The van der Waals surface area contributed by atoms with E-state index in [1.54, 1.807) is 42.0 Å². The molecule has 1 atom stereocenters. The van der Waals surface area contributed by atoms with E-state index in [4.69, 9.17) is 21.1 Å². The molecule has 212 valence electrons. The number of fused-ring (bicyclic) bond motifs is 1. The highest BCUT2D eigenvalue weighted by atomic mass is 35.5. The molecular formula is C29H21ClF4N2O4S. The van der Waals surface area contributed by atoms with E-state index >= 15 is 0 Å². The van der Waals surface area contributed by atoms with Gasteiger partial charge in [-0.15, -0.1) is 11.3 Å². The van der Waals surface area contributed by atoms with Crippen LogP contribution in [0.4, 0.5) is 17.6 Å². The van der Waals surface area contributed by atoms with Crippen LogP contribution in [-0.4, -0.2) is 20.6 Å². The second kappa shape index (κ2) is 11.4. The van der Waals surface area contributed by atoms with Crippen LogP contribution < -0.4 is 9.47 Å². The Kier molecular flexibility index (Phi) is 7.92. The minimum atomic E-state index is -4.47. The lowest BCUT2D eigenvalue weighted by molar-refractivity contribution is -0.140. The van der Waals surface area contributed by atoms with Crippen molar-refractivity contribution in [2.24, 2.45) is 0 Å². The van der Waals surface area contributed by atoms with Crippen molar-refractivity contribution in [3.05, 3.63) is 99.9 Å². The summed E-state index contributed by atoms with van der Waals surface area (Å²) < 4.78 is 66.7. The van der Waals surface area contributed by atoms with Gasteiger partial charge in [0.05, 0.1) is 21.2 Å². The van der Waals surface area contributed by atoms with Gasteiger partial charge in [0.15, 0.2) is 11.6 Å². The van der Waals surface area contributed by atoms with Crippen molar-refractivity contribution < 1.29 is 36.9 Å². The van der Waals surface area contributed by atoms with Gasteiger partial charge in [0.1, 0.15) is 30.0 Å². The third kappa shape index (κ3) is 6.15. The van der Waals surface area contributed by atoms with E-state index in [-0.39, 0.29) is 24.0 Å². The van der Waals surface area contributed by atoms with Crippen molar-refractivity contribution in [2.45, 2.75) is 32.4 Å². The topological polar surface area (TPSA) is 73.6 Å². The Morgan fingerprint density at radius 3 is 2.51 bits per heavy atom. The Hall–Kier alpha value is -4.09. The van der Waals surface area contributed by atoms with Gasteiger partial charge in [0, 0.05) is 22.7 Å². The second-order valence-corrected chi connectivity index (χ2v) is 10.5. The minimum absolute atomic E-state index is 0.0414. The lowest BCUT2D eigenvalue weighted by Crippen LogP contribution is -2.14. The minimum Gasteiger partial charge on any atom is -0.488 e. The molecule has 0 aliphatic heterocycles. The van der Waals surface area contributed by atoms with E-state index in [0.717, 1.165) is 23.0 Å². The number of hydrogen-bond acceptors (Lipinski definition) is 5. The first-order chi connectivity index (χ1) is 19.5. The standard InChI is InChI=1S/C29H21ClF4N2O4S/c1-16(28(37)38)36-12-11-18-13-20(9-10-24(18)36)39-15-25-23(14-40-26-21(30)3-2-4-22(26)31)35-27(41-25)17-5-7-19(8-6-17)29(32,33)34/h2-13,16H,14-15H2,1H3,(H,37,38). The Morgan fingerprint density at radius 2 is 1.83 bits per heavy atom. The fourth-order valence-electron chi connectivity index (χ4n) is 4.13. The number of rotatable bonds is 9. The van der Waals surface area contributed by atoms with Crippen LogP contribution in [0.2, 0.25) is 5.02 Å². The summed E-state index contributed by atoms with van der Waals surface area (Å²) in [6.45, 7) is 1.47. The molecule has 0 aliphatic rings. The number of carboxylic acid groups (broad SMARTS) is 1. The normalized spacial score (nSPS) is 12.4. The smallest absolute Gasteiger partial charge is 0.416 e. The van der Waals surface area contributed by atoms with Crippen LogP contribution >= 0.6 is 22.9 Å². The highest BCUT2D eigenvalue weighted by Crippen LogP contribution is 2.35. The van der Waals surface area contributed by atoms with E-state index in [9.17, 15) is 27.5 Å². The molecule has 2 heterocycles. The Labute approximate surface area is 240 Å². The summed E-state index contributed by atoms with van der Waals surface area (Å²) in [6, 6.07) is 15.1. The zero-order chi connectivity index (χ0) is 29.3. The highest BCUT2D eigenvalue weighted by Gasteiger charge is 2.30. The molecule has 0 spiro atoms. The first kappa shape index (κ1) is 28.4. The van der Waals surface area contributed by atoms with Crippen LogP contribution in [-0.2, 0) is 24.2 Å². The van der Waals surface area contributed by atoms with Gasteiger partial charge in [-0.2, -0.15) is 13.2 Å². The fourth-order valence-corrected chi connectivity index (χ4v) is 5.33. The predicted molar refractivity (Wildman–Crippen MR) is 147 cm³/mol. The summed E-state index contributed by atoms with van der Waals surface area (Å²) in [6.07, 6.45) is -2.78. The predicted octanol–water partition coefficient (Wildman–Crippen LogP) is 8.38. The average molecular weight is 605 g/mol. The number of aromatic nitrogens is 2. The summed E-state index contributed by atoms with van der Waals surface area (Å²) >= 11 is 7.29. The molecule has 0 aliphatic carbocycles. The van der Waals surface area contributed by atoms with Crippen molar-refractivity contribution in [1.82, 2.24) is 9.55 Å². The van der Waals surface area contributed by atoms with Crippen molar-refractivity contribution in [2.75, 3.05) is 0 Å². The number of hydrogen-bond donors (Lipinski definition) is 1. The molecule has 0 amide bonds. The third-order valence-corrected chi connectivity index (χ3v) is 7.76. The molecule has 12 heteroatoms. The molecule has 2 aromatic heterocycles. The van der Waals surface area contributed by atoms with Crippen LogP contribution in [0.3, 0.4) is 0 Å². The molecule has 1 N–H and O–H groups in total. The summed E-state index contributed by atoms with van der Waals surface area (Å²) in [5, 5.41) is 10.6. The number of carboxylic acids is 1. The zero-order valence-corrected chi connectivity index (χ0v) is 22.9. The number of carbonyl (C=O) groups is 1. The monoisotopic (exact) mass is 604 g/mol. The van der Waals surface area contributed by atoms with E-state index in [1.165, 1.54) is 41.7 Å². The van der Waals surface area contributed by atoms with Gasteiger partial charge < -0.3 is 19.1 Å². The van der Waals surface area contributed by atoms with E-state index < -0.39 is 29.6 Å². The molecule has 0 saturated carbocycles. The third-order valence-electron chi connectivity index (χ3n) is 6.35. The van der Waals surface area contributed by atoms with Crippen LogP contribution in [0.5, 0.6) is 11.5 Å². The average Bonchev–Trinajstić information content (AvgIpc) is 3.54. The highest BCUT2D eigenvalue weighted by molar-refractivity contribution is 7.15. The molecule has 0 saturated heterocycles. The Bertz CT molecular complexity index is 1700. The van der Waals surface area contributed by atoms with Crippen LogP contribution in [0.15, 0.2) is 72.9 Å². The number of para-hydroxylation sites is 1. The van der Waals surface area contributed by atoms with Gasteiger partial charge in [-0.25, -0.2) is 14.2 Å². The van der Waals surface area contributed by atoms with Crippen molar-refractivity contribution in [3.63, 3.8) is 0 Å². The molecule has 3 aromatic carbocycles. The van der Waals surface area contributed by atoms with E-state index in [2.05, 4.69) is 4.98 Å². The van der Waals surface area contributed by atoms with Gasteiger partial charge in [-0.05, 0) is 55.5 Å². The Morgan fingerprint density at radius 1 is 1.07 bits per heavy atom. The number of thiazole rings is 1. The maximum absolute atomic E-state index is 14.3. The molecule has 1 unspecified atom stereocenters. The van der Waals surface area contributed by atoms with Gasteiger partial charge in [0.25, 0.3) is 0 Å². The molecule has 5 aromatic rings. The van der Waals surface area contributed by atoms with Crippen LogP contribution in [0.1, 0.15) is 29.1 Å². The summed E-state index contributed by atoms with van der Waals surface area (Å²) in [7, 11) is 0. The second-order valence-electron chi connectivity index (χ2n) is 9.05. The number of alkyl halides is 3. The number of ether oxygens (including phenoxy) is 2. The Balaban J connectivity index is 1.41. The lowest BCUT2D eigenvalue weighted by atomic mass is 10.1. The van der Waals surface area contributed by atoms with E-state index in [0.29, 0.717) is 26.9 Å². The maximum Gasteiger partial charge on any atom is 0.416 e. The van der Waals surface area contributed by atoms with Gasteiger partial charge >= 0.3 is 12.1 Å². The van der Waals surface area contributed by atoms with Crippen LogP contribution in [0, 0.1) is 5.82 Å². The first-order valence-corrected chi connectivity index (χ1v) is 13.4. The largest absolute Gasteiger partial charge is 0.488 e. The number of nitrogens with zero attached hydrogens (tertiary/aromatic N) is 2. The number of benzene rings is 3. The lowest BCUT2D eigenvalue weighted by Gasteiger charge is -2.11. The van der Waals surface area contributed by atoms with Gasteiger partial charge in [-0.1, -0.05) is 29.8 Å². The first-order valence-electron chi connectivity index (χ1n) is 12.2. The zero-order valence-electron chi connectivity index (χ0n) is 21.3. The molecule has 41 heavy (non-hydrogen) atoms. The van der Waals surface area contributed by atoms with Crippen molar-refractivity contribution in [3.8, 4) is 22.1 Å². The fraction of sp³-hybridized carbons (Fsp3) is 0.172. The summed E-state index contributed by atoms with van der Waals surface area (Å²) in [5.41, 5.74) is 0.827. The number of halogens is 5. The van der Waals surface area contributed by atoms with Gasteiger partial charge in [-0.3, -0.25) is 0 Å². The molecule has 0 radical (unpaired) electrons.